The first-order chi connectivity index (χ1) is 16.9. The summed E-state index contributed by atoms with van der Waals surface area (Å²) in [7, 11) is 0. The molecule has 0 atom stereocenters. The molecule has 4 rings (SSSR count). The van der Waals surface area contributed by atoms with Crippen LogP contribution in [0.25, 0.3) is 11.4 Å². The van der Waals surface area contributed by atoms with Gasteiger partial charge < -0.3 is 9.88 Å². The van der Waals surface area contributed by atoms with Gasteiger partial charge in [0.15, 0.2) is 5.94 Å². The maximum Gasteiger partial charge on any atom is 0.416 e. The Balaban J connectivity index is 1.57. The number of carbonyl (C=O) groups excluding carboxylic acids is 1. The maximum absolute atomic E-state index is 12.8. The Morgan fingerprint density at radius 2 is 1.74 bits per heavy atom. The van der Waals surface area contributed by atoms with Crippen LogP contribution in [0.15, 0.2) is 85.5 Å². The molecule has 2 aromatic heterocycles. The van der Waals surface area contributed by atoms with Crippen LogP contribution in [0.4, 0.5) is 13.2 Å². The van der Waals surface area contributed by atoms with E-state index in [9.17, 15) is 18.0 Å². The van der Waals surface area contributed by atoms with Crippen LogP contribution in [-0.2, 0) is 17.5 Å². The number of nitrogens with one attached hydrogen (secondary N) is 1. The highest BCUT2D eigenvalue weighted by atomic mass is 19.4. The lowest BCUT2D eigenvalue weighted by Gasteiger charge is -2.11. The van der Waals surface area contributed by atoms with E-state index in [0.717, 1.165) is 25.1 Å². The second-order valence-electron chi connectivity index (χ2n) is 7.69. The van der Waals surface area contributed by atoms with Crippen molar-refractivity contribution in [1.29, 1.82) is 0 Å². The number of hydrogen-bond acceptors (Lipinski definition) is 3. The van der Waals surface area contributed by atoms with Gasteiger partial charge in [-0.25, -0.2) is 9.48 Å². The van der Waals surface area contributed by atoms with Crippen LogP contribution in [-0.4, -0.2) is 26.8 Å². The number of alkyl halides is 3. The van der Waals surface area contributed by atoms with Crippen molar-refractivity contribution in [3.8, 4) is 17.5 Å². The van der Waals surface area contributed by atoms with E-state index in [1.54, 1.807) is 41.3 Å². The molecule has 0 radical (unpaired) electrons. The molecule has 0 aliphatic carbocycles. The van der Waals surface area contributed by atoms with Crippen molar-refractivity contribution in [2.45, 2.75) is 19.1 Å². The fourth-order valence-corrected chi connectivity index (χ4v) is 3.48. The summed E-state index contributed by atoms with van der Waals surface area (Å²) in [6, 6.07) is 15.7. The van der Waals surface area contributed by atoms with Gasteiger partial charge in [0.2, 0.25) is 0 Å². The molecule has 35 heavy (non-hydrogen) atoms. The van der Waals surface area contributed by atoms with Crippen molar-refractivity contribution < 1.29 is 18.0 Å². The van der Waals surface area contributed by atoms with Gasteiger partial charge in [0, 0.05) is 49.0 Å². The summed E-state index contributed by atoms with van der Waals surface area (Å²) in [6.45, 7) is 1.39. The molecule has 176 valence electrons. The maximum atomic E-state index is 12.8. The molecule has 0 unspecified atom stereocenters. The second kappa shape index (κ2) is 10.6. The van der Waals surface area contributed by atoms with E-state index in [1.165, 1.54) is 12.1 Å². The summed E-state index contributed by atoms with van der Waals surface area (Å²) >= 11 is 0. The summed E-state index contributed by atoms with van der Waals surface area (Å²) in [5, 5.41) is 7.37. The molecule has 2 aromatic carbocycles. The molecule has 0 aliphatic rings. The highest BCUT2D eigenvalue weighted by molar-refractivity contribution is 5.87. The zero-order valence-electron chi connectivity index (χ0n) is 18.6. The van der Waals surface area contributed by atoms with Gasteiger partial charge in [-0.3, -0.25) is 0 Å². The molecule has 0 bridgehead atoms. The van der Waals surface area contributed by atoms with Crippen molar-refractivity contribution >= 4 is 11.6 Å². The summed E-state index contributed by atoms with van der Waals surface area (Å²) < 4.78 is 42.2. The monoisotopic (exact) mass is 474 g/mol. The average Bonchev–Trinajstić information content (AvgIpc) is 3.57. The smallest absolute Gasteiger partial charge is 0.376 e. The molecular formula is C27H21F3N4O. The predicted molar refractivity (Wildman–Crippen MR) is 127 cm³/mol. The lowest BCUT2D eigenvalue weighted by Crippen LogP contribution is -2.16. The van der Waals surface area contributed by atoms with Crippen LogP contribution in [0.3, 0.4) is 0 Å². The molecule has 5 nitrogen and oxygen atoms in total. The van der Waals surface area contributed by atoms with E-state index < -0.39 is 11.7 Å². The zero-order valence-corrected chi connectivity index (χ0v) is 18.6. The molecule has 4 aromatic rings. The third-order valence-corrected chi connectivity index (χ3v) is 5.25. The lowest BCUT2D eigenvalue weighted by molar-refractivity contribution is -0.137. The Bertz CT molecular complexity index is 1370. The Morgan fingerprint density at radius 1 is 0.971 bits per heavy atom. The first kappa shape index (κ1) is 23.7. The Hall–Kier alpha value is -4.47. The molecule has 0 fully saturated rings. The normalized spacial score (nSPS) is 10.8. The van der Waals surface area contributed by atoms with Gasteiger partial charge in [0.05, 0.1) is 16.8 Å². The van der Waals surface area contributed by atoms with Gasteiger partial charge >= 0.3 is 6.18 Å². The summed E-state index contributed by atoms with van der Waals surface area (Å²) in [4.78, 5) is 11.7. The molecule has 1 N–H and O–H groups in total. The van der Waals surface area contributed by atoms with Crippen LogP contribution in [0.1, 0.15) is 28.7 Å². The summed E-state index contributed by atoms with van der Waals surface area (Å²) in [6.07, 6.45) is 3.75. The molecule has 2 heterocycles. The third-order valence-electron chi connectivity index (χ3n) is 5.25. The number of rotatable bonds is 7. The number of halogens is 3. The van der Waals surface area contributed by atoms with Gasteiger partial charge in [-0.05, 0) is 67.1 Å². The highest BCUT2D eigenvalue weighted by Gasteiger charge is 2.29. The predicted octanol–water partition coefficient (Wildman–Crippen LogP) is 4.94. The number of nitrogens with zero attached hydrogens (tertiary/aromatic N) is 3. The molecular weight excluding hydrogens is 453 g/mol. The van der Waals surface area contributed by atoms with Gasteiger partial charge in [-0.1, -0.05) is 11.8 Å². The third kappa shape index (κ3) is 6.11. The van der Waals surface area contributed by atoms with Crippen molar-refractivity contribution in [2.24, 2.45) is 0 Å². The van der Waals surface area contributed by atoms with Crippen molar-refractivity contribution in [1.82, 2.24) is 19.7 Å². The van der Waals surface area contributed by atoms with Gasteiger partial charge in [-0.2, -0.15) is 18.3 Å². The fraction of sp³-hybridized carbons (Fsp3) is 0.148. The zero-order chi connectivity index (χ0) is 24.7. The largest absolute Gasteiger partial charge is 0.416 e. The molecule has 0 saturated carbocycles. The quantitative estimate of drug-likeness (QED) is 0.234. The van der Waals surface area contributed by atoms with E-state index in [4.69, 9.17) is 0 Å². The van der Waals surface area contributed by atoms with E-state index in [1.807, 2.05) is 30.5 Å². The lowest BCUT2D eigenvalue weighted by atomic mass is 10.1. The van der Waals surface area contributed by atoms with Gasteiger partial charge in [-0.15, -0.1) is 0 Å². The van der Waals surface area contributed by atoms with E-state index >= 15 is 0 Å². The van der Waals surface area contributed by atoms with Crippen LogP contribution in [0.2, 0.25) is 0 Å². The van der Waals surface area contributed by atoms with Crippen LogP contribution in [0.5, 0.6) is 0 Å². The fourth-order valence-electron chi connectivity index (χ4n) is 3.48. The molecule has 0 amide bonds. The number of hydrogen-bond donors (Lipinski definition) is 1. The topological polar surface area (TPSA) is 51.9 Å². The molecule has 0 saturated heterocycles. The summed E-state index contributed by atoms with van der Waals surface area (Å²) in [5.74, 6) is 7.88. The minimum atomic E-state index is -4.40. The van der Waals surface area contributed by atoms with Gasteiger partial charge in [0.25, 0.3) is 0 Å². The molecule has 8 heteroatoms. The van der Waals surface area contributed by atoms with Crippen molar-refractivity contribution in [3.05, 3.63) is 108 Å². The Kier molecular flexibility index (Phi) is 7.20. The molecule has 0 aliphatic heterocycles. The van der Waals surface area contributed by atoms with Gasteiger partial charge in [0.1, 0.15) is 5.70 Å². The summed E-state index contributed by atoms with van der Waals surface area (Å²) in [5.41, 5.74) is 1.86. The van der Waals surface area contributed by atoms with E-state index in [0.29, 0.717) is 34.6 Å². The van der Waals surface area contributed by atoms with Crippen molar-refractivity contribution in [3.63, 3.8) is 0 Å². The highest BCUT2D eigenvalue weighted by Crippen LogP contribution is 2.29. The second-order valence-corrected chi connectivity index (χ2v) is 7.69. The van der Waals surface area contributed by atoms with Crippen molar-refractivity contribution in [2.75, 3.05) is 6.54 Å². The first-order valence-electron chi connectivity index (χ1n) is 10.9. The first-order valence-corrected chi connectivity index (χ1v) is 10.9. The van der Waals surface area contributed by atoms with Crippen LogP contribution >= 0.6 is 0 Å². The average molecular weight is 474 g/mol. The number of aryl methyl sites for hydroxylation is 1. The molecule has 0 spiro atoms. The van der Waals surface area contributed by atoms with E-state index in [-0.39, 0.29) is 0 Å². The number of aromatic nitrogens is 3. The van der Waals surface area contributed by atoms with Crippen LogP contribution in [0, 0.1) is 11.8 Å². The minimum absolute atomic E-state index is 0.308. The number of benzene rings is 2. The Labute approximate surface area is 200 Å². The Morgan fingerprint density at radius 3 is 2.40 bits per heavy atom. The minimum Gasteiger partial charge on any atom is -0.376 e. The standard InChI is InChI=1S/C27H21F3N4O/c28-27(29,30)24-10-6-21(7-11-24)5-8-23-19-22(9-12-26(23)34-18-4-14-32-34)25(20-35)31-13-3-17-33-15-1-2-16-33/h1-2,4,6-7,9-12,14-16,18-19,31H,3,13,17H2. The van der Waals surface area contributed by atoms with Crippen LogP contribution < -0.4 is 5.32 Å². The van der Waals surface area contributed by atoms with E-state index in [2.05, 4.69) is 26.8 Å². The SMILES string of the molecule is O=C=C(NCCCn1cccc1)c1ccc(-n2cccn2)c(C#Cc2ccc(C(F)(F)F)cc2)c1.